The molecular formula is C18H19ClO. The van der Waals surface area contributed by atoms with Crippen molar-refractivity contribution >= 4 is 16.8 Å². The first kappa shape index (κ1) is 14.8. The van der Waals surface area contributed by atoms with Crippen molar-refractivity contribution < 1.29 is 4.79 Å². The molecule has 0 aromatic heterocycles. The summed E-state index contributed by atoms with van der Waals surface area (Å²) in [6, 6.07) is 17.2. The van der Waals surface area contributed by atoms with E-state index >= 15 is 0 Å². The number of unbranched alkanes of at least 4 members (excludes halogenated alkanes) is 1. The summed E-state index contributed by atoms with van der Waals surface area (Å²) in [6.45, 7) is 2.11. The van der Waals surface area contributed by atoms with Gasteiger partial charge in [0.15, 0.2) is 0 Å². The molecule has 2 aromatic rings. The molecule has 0 spiro atoms. The van der Waals surface area contributed by atoms with Crippen molar-refractivity contribution in [2.45, 2.75) is 32.6 Å². The normalized spacial score (nSPS) is 10.5. The van der Waals surface area contributed by atoms with Crippen LogP contribution in [0, 0.1) is 6.92 Å². The molecule has 0 N–H and O–H groups in total. The smallest absolute Gasteiger partial charge is 0.221 e. The highest BCUT2D eigenvalue weighted by molar-refractivity contribution is 6.63. The van der Waals surface area contributed by atoms with Gasteiger partial charge in [0.1, 0.15) is 0 Å². The van der Waals surface area contributed by atoms with Crippen molar-refractivity contribution in [1.29, 1.82) is 0 Å². The van der Waals surface area contributed by atoms with E-state index in [1.165, 1.54) is 22.3 Å². The summed E-state index contributed by atoms with van der Waals surface area (Å²) in [5.74, 6) is 0. The second kappa shape index (κ2) is 7.25. The fraction of sp³-hybridized carbons (Fsp3) is 0.278. The zero-order chi connectivity index (χ0) is 14.4. The number of rotatable bonds is 6. The quantitative estimate of drug-likeness (QED) is 0.531. The maximum atomic E-state index is 10.6. The Balaban J connectivity index is 1.94. The van der Waals surface area contributed by atoms with E-state index in [9.17, 15) is 4.79 Å². The monoisotopic (exact) mass is 286 g/mol. The Bertz CT molecular complexity index is 572. The van der Waals surface area contributed by atoms with E-state index < -0.39 is 0 Å². The van der Waals surface area contributed by atoms with Gasteiger partial charge in [-0.15, -0.1) is 0 Å². The van der Waals surface area contributed by atoms with Crippen LogP contribution in [0.5, 0.6) is 0 Å². The van der Waals surface area contributed by atoms with Crippen LogP contribution in [0.2, 0.25) is 0 Å². The highest BCUT2D eigenvalue weighted by Crippen LogP contribution is 2.21. The first-order valence-corrected chi connectivity index (χ1v) is 7.37. The summed E-state index contributed by atoms with van der Waals surface area (Å²) in [5, 5.41) is -0.236. The first-order chi connectivity index (χ1) is 9.65. The Morgan fingerprint density at radius 2 is 1.75 bits per heavy atom. The highest BCUT2D eigenvalue weighted by atomic mass is 35.5. The van der Waals surface area contributed by atoms with Gasteiger partial charge in [-0.3, -0.25) is 4.79 Å². The Morgan fingerprint density at radius 3 is 2.40 bits per heavy atom. The number of hydrogen-bond donors (Lipinski definition) is 0. The molecule has 0 saturated carbocycles. The van der Waals surface area contributed by atoms with E-state index in [0.29, 0.717) is 6.42 Å². The summed E-state index contributed by atoms with van der Waals surface area (Å²) < 4.78 is 0. The zero-order valence-corrected chi connectivity index (χ0v) is 12.5. The first-order valence-electron chi connectivity index (χ1n) is 6.99. The SMILES string of the molecule is Cc1cccc(-c2ccc(CCCCC(=O)Cl)cc2)c1. The number of halogens is 1. The molecule has 0 radical (unpaired) electrons. The molecule has 0 aliphatic carbocycles. The average Bonchev–Trinajstić information content (AvgIpc) is 2.44. The van der Waals surface area contributed by atoms with Crippen molar-refractivity contribution in [3.8, 4) is 11.1 Å². The molecule has 0 heterocycles. The molecule has 0 unspecified atom stereocenters. The Morgan fingerprint density at radius 1 is 1.00 bits per heavy atom. The van der Waals surface area contributed by atoms with Crippen LogP contribution in [0.25, 0.3) is 11.1 Å². The van der Waals surface area contributed by atoms with Crippen molar-refractivity contribution in [3.63, 3.8) is 0 Å². The third-order valence-corrected chi connectivity index (χ3v) is 3.58. The molecule has 2 aromatic carbocycles. The summed E-state index contributed by atoms with van der Waals surface area (Å²) >= 11 is 5.32. The minimum Gasteiger partial charge on any atom is -0.281 e. The third kappa shape index (κ3) is 4.50. The molecule has 104 valence electrons. The lowest BCUT2D eigenvalue weighted by molar-refractivity contribution is -0.111. The maximum absolute atomic E-state index is 10.6. The number of carbonyl (C=O) groups excluding carboxylic acids is 1. The van der Waals surface area contributed by atoms with Crippen LogP contribution in [0.15, 0.2) is 48.5 Å². The van der Waals surface area contributed by atoms with E-state index in [4.69, 9.17) is 11.6 Å². The van der Waals surface area contributed by atoms with Gasteiger partial charge in [0, 0.05) is 6.42 Å². The summed E-state index contributed by atoms with van der Waals surface area (Å²) in [5.41, 5.74) is 5.08. The molecule has 2 rings (SSSR count). The van der Waals surface area contributed by atoms with Crippen molar-refractivity contribution in [2.24, 2.45) is 0 Å². The summed E-state index contributed by atoms with van der Waals surface area (Å²) in [6.07, 6.45) is 3.34. The van der Waals surface area contributed by atoms with Gasteiger partial charge in [-0.2, -0.15) is 0 Å². The summed E-state index contributed by atoms with van der Waals surface area (Å²) in [4.78, 5) is 10.6. The lowest BCUT2D eigenvalue weighted by atomic mass is 10.0. The van der Waals surface area contributed by atoms with Crippen LogP contribution in [0.4, 0.5) is 0 Å². The van der Waals surface area contributed by atoms with E-state index in [1.54, 1.807) is 0 Å². The Labute approximate surface area is 125 Å². The van der Waals surface area contributed by atoms with Crippen LogP contribution in [0.1, 0.15) is 30.4 Å². The minimum atomic E-state index is -0.236. The van der Waals surface area contributed by atoms with E-state index in [1.807, 2.05) is 0 Å². The van der Waals surface area contributed by atoms with Gasteiger partial charge in [-0.05, 0) is 54.5 Å². The molecule has 0 fully saturated rings. The van der Waals surface area contributed by atoms with E-state index in [0.717, 1.165) is 19.3 Å². The van der Waals surface area contributed by atoms with E-state index in [-0.39, 0.29) is 5.24 Å². The molecule has 0 atom stereocenters. The van der Waals surface area contributed by atoms with Crippen molar-refractivity contribution in [1.82, 2.24) is 0 Å². The molecule has 0 aliphatic rings. The number of hydrogen-bond acceptors (Lipinski definition) is 1. The van der Waals surface area contributed by atoms with E-state index in [2.05, 4.69) is 55.5 Å². The second-order valence-electron chi connectivity index (χ2n) is 5.13. The lowest BCUT2D eigenvalue weighted by Crippen LogP contribution is -1.90. The third-order valence-electron chi connectivity index (χ3n) is 3.39. The number of benzene rings is 2. The predicted octanol–water partition coefficient (Wildman–Crippen LogP) is 5.14. The molecular weight excluding hydrogens is 268 g/mol. The number of carbonyl (C=O) groups is 1. The van der Waals surface area contributed by atoms with Gasteiger partial charge in [0.2, 0.25) is 5.24 Å². The standard InChI is InChI=1S/C18H19ClO/c1-14-5-4-7-17(13-14)16-11-9-15(10-12-16)6-2-3-8-18(19)20/h4-5,7,9-13H,2-3,6,8H2,1H3. The second-order valence-corrected chi connectivity index (χ2v) is 5.55. The molecule has 20 heavy (non-hydrogen) atoms. The van der Waals surface area contributed by atoms with Crippen LogP contribution < -0.4 is 0 Å². The van der Waals surface area contributed by atoms with Gasteiger partial charge < -0.3 is 0 Å². The van der Waals surface area contributed by atoms with Crippen LogP contribution >= 0.6 is 11.6 Å². The average molecular weight is 287 g/mol. The molecule has 0 saturated heterocycles. The van der Waals surface area contributed by atoms with Crippen LogP contribution in [-0.4, -0.2) is 5.24 Å². The van der Waals surface area contributed by atoms with Crippen LogP contribution in [0.3, 0.4) is 0 Å². The van der Waals surface area contributed by atoms with Gasteiger partial charge in [0.25, 0.3) is 0 Å². The Hall–Kier alpha value is -1.60. The minimum absolute atomic E-state index is 0.236. The van der Waals surface area contributed by atoms with Gasteiger partial charge in [-0.25, -0.2) is 0 Å². The lowest BCUT2D eigenvalue weighted by Gasteiger charge is -2.05. The molecule has 2 heteroatoms. The number of aryl methyl sites for hydroxylation is 2. The largest absolute Gasteiger partial charge is 0.281 e. The van der Waals surface area contributed by atoms with Gasteiger partial charge in [0.05, 0.1) is 0 Å². The van der Waals surface area contributed by atoms with Crippen LogP contribution in [-0.2, 0) is 11.2 Å². The zero-order valence-electron chi connectivity index (χ0n) is 11.7. The van der Waals surface area contributed by atoms with Crippen molar-refractivity contribution in [2.75, 3.05) is 0 Å². The van der Waals surface area contributed by atoms with Gasteiger partial charge in [-0.1, -0.05) is 54.1 Å². The molecule has 1 nitrogen and oxygen atoms in total. The molecule has 0 aliphatic heterocycles. The molecule has 0 bridgehead atoms. The fourth-order valence-corrected chi connectivity index (χ4v) is 2.42. The molecule has 0 amide bonds. The fourth-order valence-electron chi connectivity index (χ4n) is 2.28. The maximum Gasteiger partial charge on any atom is 0.221 e. The van der Waals surface area contributed by atoms with Crippen molar-refractivity contribution in [3.05, 3.63) is 59.7 Å². The predicted molar refractivity (Wildman–Crippen MR) is 85.0 cm³/mol. The summed E-state index contributed by atoms with van der Waals surface area (Å²) in [7, 11) is 0. The Kier molecular flexibility index (Phi) is 5.37. The topological polar surface area (TPSA) is 17.1 Å². The highest BCUT2D eigenvalue weighted by Gasteiger charge is 2.00. The van der Waals surface area contributed by atoms with Gasteiger partial charge >= 0.3 is 0 Å².